The normalized spacial score (nSPS) is 14.0. The summed E-state index contributed by atoms with van der Waals surface area (Å²) < 4.78 is 12.4. The zero-order valence-corrected chi connectivity index (χ0v) is 44.3. The van der Waals surface area contributed by atoms with Gasteiger partial charge >= 0.3 is 5.97 Å². The number of methoxy groups -OCH3 is 1. The van der Waals surface area contributed by atoms with Crippen molar-refractivity contribution < 1.29 is 19.1 Å². The van der Waals surface area contributed by atoms with Gasteiger partial charge in [-0.05, 0) is 136 Å². The number of anilines is 1. The smallest absolute Gasteiger partial charge is 0.341 e. The van der Waals surface area contributed by atoms with Gasteiger partial charge < -0.3 is 24.8 Å². The first kappa shape index (κ1) is 49.9. The third-order valence-corrected chi connectivity index (χ3v) is 14.4. The molecule has 0 fully saturated rings. The molecular formula is C61H73N5O4. The van der Waals surface area contributed by atoms with E-state index in [2.05, 4.69) is 154 Å². The third-order valence-electron chi connectivity index (χ3n) is 14.4. The van der Waals surface area contributed by atoms with Gasteiger partial charge in [-0.25, -0.2) is 4.79 Å². The van der Waals surface area contributed by atoms with Crippen molar-refractivity contribution in [2.45, 2.75) is 146 Å². The minimum atomic E-state index is -0.446. The van der Waals surface area contributed by atoms with Gasteiger partial charge in [0.1, 0.15) is 0 Å². The Bertz CT molecular complexity index is 3190. The van der Waals surface area contributed by atoms with Gasteiger partial charge in [0.15, 0.2) is 5.75 Å². The predicted octanol–water partition coefficient (Wildman–Crippen LogP) is 14.7. The van der Waals surface area contributed by atoms with E-state index in [9.17, 15) is 9.59 Å². The Labute approximate surface area is 415 Å². The summed E-state index contributed by atoms with van der Waals surface area (Å²) in [5.74, 6) is 0.611. The van der Waals surface area contributed by atoms with E-state index in [1.807, 2.05) is 19.1 Å². The lowest BCUT2D eigenvalue weighted by atomic mass is 9.84. The molecule has 0 radical (unpaired) electrons. The van der Waals surface area contributed by atoms with Crippen molar-refractivity contribution in [2.24, 2.45) is 5.92 Å². The summed E-state index contributed by atoms with van der Waals surface area (Å²) in [5, 5.41) is 3.24. The number of hydrogen-bond acceptors (Lipinski definition) is 6. The lowest BCUT2D eigenvalue weighted by Crippen LogP contribution is -2.15. The highest BCUT2D eigenvalue weighted by atomic mass is 16.5. The Morgan fingerprint density at radius 1 is 0.700 bits per heavy atom. The Morgan fingerprint density at radius 2 is 1.24 bits per heavy atom. The van der Waals surface area contributed by atoms with Crippen molar-refractivity contribution in [3.8, 4) is 39.1 Å². The molecule has 2 aliphatic heterocycles. The maximum absolute atomic E-state index is 14.7. The van der Waals surface area contributed by atoms with Crippen molar-refractivity contribution in [3.05, 3.63) is 128 Å². The van der Waals surface area contributed by atoms with E-state index in [0.717, 1.165) is 109 Å². The van der Waals surface area contributed by atoms with Crippen molar-refractivity contribution in [1.82, 2.24) is 19.9 Å². The molecule has 0 aliphatic carbocycles. The number of carbonyl (C=O) groups excluding carboxylic acids is 2. The molecule has 6 aromatic rings. The van der Waals surface area contributed by atoms with Crippen LogP contribution < -0.4 is 10.1 Å². The topological polar surface area (TPSA) is 122 Å². The molecule has 8 rings (SSSR count). The number of nitrogens with zero attached hydrogens (tertiary/aromatic N) is 2. The van der Waals surface area contributed by atoms with E-state index < -0.39 is 16.8 Å². The number of amides is 1. The molecule has 2 aliphatic rings. The maximum Gasteiger partial charge on any atom is 0.341 e. The number of H-pyrrole nitrogens is 2. The van der Waals surface area contributed by atoms with Crippen LogP contribution >= 0.6 is 0 Å². The van der Waals surface area contributed by atoms with E-state index in [4.69, 9.17) is 19.4 Å². The zero-order chi connectivity index (χ0) is 50.6. The van der Waals surface area contributed by atoms with E-state index >= 15 is 0 Å². The second-order valence-electron chi connectivity index (χ2n) is 21.7. The molecule has 1 amide bonds. The third kappa shape index (κ3) is 9.44. The predicted molar refractivity (Wildman–Crippen MR) is 288 cm³/mol. The molecule has 70 heavy (non-hydrogen) atoms. The Hall–Kier alpha value is -6.48. The average molecular weight is 940 g/mol. The average Bonchev–Trinajstić information content (AvgIpc) is 3.97. The molecular weight excluding hydrogens is 867 g/mol. The van der Waals surface area contributed by atoms with Gasteiger partial charge in [-0.15, -0.1) is 0 Å². The van der Waals surface area contributed by atoms with Crippen LogP contribution in [-0.2, 0) is 39.6 Å². The van der Waals surface area contributed by atoms with Crippen molar-refractivity contribution in [2.75, 3.05) is 19.0 Å². The summed E-state index contributed by atoms with van der Waals surface area (Å²) >= 11 is 0. The van der Waals surface area contributed by atoms with Gasteiger partial charge in [0.2, 0.25) is 5.91 Å². The number of ether oxygens (including phenoxy) is 2. The fraction of sp³-hybridized carbons (Fsp3) is 0.410. The summed E-state index contributed by atoms with van der Waals surface area (Å²) in [7, 11) is 1.66. The number of nitrogens with one attached hydrogen (secondary N) is 3. The van der Waals surface area contributed by atoms with Crippen LogP contribution in [0, 0.1) is 47.5 Å². The quantitative estimate of drug-likeness (QED) is 0.105. The van der Waals surface area contributed by atoms with Crippen LogP contribution in [0.1, 0.15) is 147 Å². The molecule has 9 heteroatoms. The molecule has 5 heterocycles. The van der Waals surface area contributed by atoms with Gasteiger partial charge in [-0.2, -0.15) is 0 Å². The highest BCUT2D eigenvalue weighted by molar-refractivity contribution is 6.11. The lowest BCUT2D eigenvalue weighted by Gasteiger charge is -2.17. The molecule has 3 N–H and O–H groups in total. The van der Waals surface area contributed by atoms with Gasteiger partial charge in [-0.3, -0.25) is 14.8 Å². The first-order chi connectivity index (χ1) is 33.2. The monoisotopic (exact) mass is 940 g/mol. The molecule has 366 valence electrons. The van der Waals surface area contributed by atoms with Crippen LogP contribution in [0.5, 0.6) is 5.75 Å². The molecule has 8 bridgehead atoms. The Balaban J connectivity index is 1.60. The number of rotatable bonds is 12. The lowest BCUT2D eigenvalue weighted by molar-refractivity contribution is -0.116. The van der Waals surface area contributed by atoms with Crippen LogP contribution in [0.15, 0.2) is 60.7 Å². The maximum atomic E-state index is 14.7. The molecule has 9 nitrogen and oxygen atoms in total. The van der Waals surface area contributed by atoms with E-state index in [0.29, 0.717) is 42.0 Å². The SMILES string of the molecule is CCOC(=O)c1c(-c2c(C)cc(C)cc2C)c2cc3nc(c(-c4cccc(NC(=O)CCCC(C)C)c4)c4[nH]c(cc5nc(c(OC)c1[nH]2)CC5(C)C)c(-c1c(C)cc(C)cc1C)c4CC)CC3(C)C. The number of aromatic nitrogens is 4. The molecule has 0 spiro atoms. The van der Waals surface area contributed by atoms with Gasteiger partial charge in [0, 0.05) is 74.9 Å². The highest BCUT2D eigenvalue weighted by Gasteiger charge is 2.36. The largest absolute Gasteiger partial charge is 0.493 e. The van der Waals surface area contributed by atoms with Crippen molar-refractivity contribution >= 4 is 39.6 Å². The first-order valence-electron chi connectivity index (χ1n) is 25.3. The van der Waals surface area contributed by atoms with Crippen LogP contribution in [0.25, 0.3) is 55.4 Å². The highest BCUT2D eigenvalue weighted by Crippen LogP contribution is 2.47. The zero-order valence-electron chi connectivity index (χ0n) is 44.3. The minimum absolute atomic E-state index is 0.0105. The second-order valence-corrected chi connectivity index (χ2v) is 21.7. The molecule has 3 aromatic carbocycles. The number of hydrogen-bond donors (Lipinski definition) is 3. The van der Waals surface area contributed by atoms with Crippen LogP contribution in [0.4, 0.5) is 5.69 Å². The standard InChI is InChI=1S/C61H73N5O4/c1-16-42-53(50-36(7)24-34(5)25-37(50)8)43-29-48-61(13,14)32-46(64-48)58(69-15)57-55(59(68)70-17-2)54(51-38(9)26-35(6)27-39(51)10)44(66-57)30-47-60(11,12)31-45(63-47)52(56(42)65-43)40-21-19-22-41(28-40)62-49(67)23-18-20-33(3)4/h19,21-22,24-30,33,65-66H,16-18,20,23,31-32H2,1-15H3,(H,62,67). The summed E-state index contributed by atoms with van der Waals surface area (Å²) in [6.07, 6.45) is 4.24. The second kappa shape index (κ2) is 19.4. The number of fused-ring (bicyclic) bond motifs is 8. The number of aryl methyl sites for hydroxylation is 7. The van der Waals surface area contributed by atoms with E-state index in [1.54, 1.807) is 7.11 Å². The summed E-state index contributed by atoms with van der Waals surface area (Å²) in [5.41, 5.74) is 21.0. The van der Waals surface area contributed by atoms with E-state index in [1.165, 1.54) is 27.8 Å². The summed E-state index contributed by atoms with van der Waals surface area (Å²) in [4.78, 5) is 47.1. The molecule has 0 unspecified atom stereocenters. The first-order valence-corrected chi connectivity index (χ1v) is 25.3. The molecule has 0 saturated heterocycles. The van der Waals surface area contributed by atoms with Crippen LogP contribution in [-0.4, -0.2) is 45.5 Å². The molecule has 3 aromatic heterocycles. The van der Waals surface area contributed by atoms with Crippen molar-refractivity contribution in [3.63, 3.8) is 0 Å². The van der Waals surface area contributed by atoms with Gasteiger partial charge in [-0.1, -0.05) is 102 Å². The fourth-order valence-electron chi connectivity index (χ4n) is 11.3. The van der Waals surface area contributed by atoms with Crippen LogP contribution in [0.3, 0.4) is 0 Å². The number of benzene rings is 3. The fourth-order valence-corrected chi connectivity index (χ4v) is 11.3. The van der Waals surface area contributed by atoms with Crippen molar-refractivity contribution in [1.29, 1.82) is 0 Å². The minimum Gasteiger partial charge on any atom is -0.493 e. The van der Waals surface area contributed by atoms with Gasteiger partial charge in [0.05, 0.1) is 41.7 Å². The van der Waals surface area contributed by atoms with E-state index in [-0.39, 0.29) is 12.5 Å². The number of carbonyl (C=O) groups is 2. The number of esters is 1. The summed E-state index contributed by atoms with van der Waals surface area (Å²) in [6, 6.07) is 21.5. The Kier molecular flexibility index (Phi) is 13.8. The van der Waals surface area contributed by atoms with Crippen LogP contribution in [0.2, 0.25) is 0 Å². The molecule has 0 atom stereocenters. The number of aromatic amines is 2. The van der Waals surface area contributed by atoms with Gasteiger partial charge in [0.25, 0.3) is 0 Å². The molecule has 0 saturated carbocycles. The summed E-state index contributed by atoms with van der Waals surface area (Å²) in [6.45, 7) is 30.5. The Morgan fingerprint density at radius 3 is 1.80 bits per heavy atom.